The molecule has 0 saturated heterocycles. The van der Waals surface area contributed by atoms with Gasteiger partial charge < -0.3 is 20.2 Å². The second kappa shape index (κ2) is 11.1. The molecule has 1 amide bonds. The Kier molecular flexibility index (Phi) is 8.24. The van der Waals surface area contributed by atoms with Crippen molar-refractivity contribution in [3.8, 4) is 0 Å². The minimum atomic E-state index is -0.144. The number of hydrogen-bond acceptors (Lipinski definition) is 4. The molecule has 0 radical (unpaired) electrons. The van der Waals surface area contributed by atoms with Gasteiger partial charge in [-0.3, -0.25) is 9.59 Å². The molecule has 1 aromatic carbocycles. The SMILES string of the molecule is CSc1cc(C)[nH]c(=O)c1CNC(=O)c1c(C)n(C(C)C2CCC(NC(C)(C)C)CC2)c2ccccc12. The lowest BCUT2D eigenvalue weighted by Crippen LogP contribution is -2.45. The van der Waals surface area contributed by atoms with E-state index in [0.717, 1.165) is 27.2 Å². The lowest BCUT2D eigenvalue weighted by Gasteiger charge is -2.37. The molecule has 0 spiro atoms. The Labute approximate surface area is 225 Å². The van der Waals surface area contributed by atoms with E-state index in [4.69, 9.17) is 0 Å². The highest BCUT2D eigenvalue weighted by molar-refractivity contribution is 7.98. The molecule has 1 unspecified atom stereocenters. The number of aromatic nitrogens is 2. The summed E-state index contributed by atoms with van der Waals surface area (Å²) in [7, 11) is 0. The van der Waals surface area contributed by atoms with Gasteiger partial charge in [-0.1, -0.05) is 18.2 Å². The highest BCUT2D eigenvalue weighted by Crippen LogP contribution is 2.38. The fourth-order valence-corrected chi connectivity index (χ4v) is 6.77. The Balaban J connectivity index is 1.58. The normalized spacial score (nSPS) is 19.2. The highest BCUT2D eigenvalue weighted by Gasteiger charge is 2.31. The zero-order valence-corrected chi connectivity index (χ0v) is 24.1. The number of aromatic amines is 1. The van der Waals surface area contributed by atoms with Gasteiger partial charge in [0.05, 0.1) is 5.56 Å². The third kappa shape index (κ3) is 5.99. The van der Waals surface area contributed by atoms with Crippen LogP contribution in [0.3, 0.4) is 0 Å². The molecule has 2 aromatic heterocycles. The summed E-state index contributed by atoms with van der Waals surface area (Å²) in [6.07, 6.45) is 6.67. The summed E-state index contributed by atoms with van der Waals surface area (Å²) in [6.45, 7) is 13.1. The van der Waals surface area contributed by atoms with E-state index in [9.17, 15) is 9.59 Å². The van der Waals surface area contributed by atoms with Gasteiger partial charge in [0.25, 0.3) is 11.5 Å². The van der Waals surface area contributed by atoms with E-state index in [1.807, 2.05) is 37.4 Å². The standard InChI is InChI=1S/C30H42N4O2S/c1-18-16-26(37-7)24(28(35)32-18)17-31-29(36)27-20(3)34(25-11-9-8-10-23(25)27)19(2)21-12-14-22(15-13-21)33-30(4,5)6/h8-11,16,19,21-22,33H,12-15,17H2,1-7H3,(H,31,36)(H,32,35). The summed E-state index contributed by atoms with van der Waals surface area (Å²) in [5.41, 5.74) is 4.21. The van der Waals surface area contributed by atoms with Crippen molar-refractivity contribution in [2.75, 3.05) is 6.26 Å². The first-order valence-electron chi connectivity index (χ1n) is 13.4. The molecule has 3 N–H and O–H groups in total. The number of carbonyl (C=O) groups excluding carboxylic acids is 1. The molecule has 1 saturated carbocycles. The predicted molar refractivity (Wildman–Crippen MR) is 155 cm³/mol. The van der Waals surface area contributed by atoms with E-state index in [2.05, 4.69) is 60.9 Å². The van der Waals surface area contributed by atoms with Crippen LogP contribution in [0.1, 0.15) is 86.7 Å². The van der Waals surface area contributed by atoms with Crippen molar-refractivity contribution in [3.05, 3.63) is 63.2 Å². The molecule has 1 aliphatic rings. The van der Waals surface area contributed by atoms with Gasteiger partial charge in [-0.2, -0.15) is 0 Å². The summed E-state index contributed by atoms with van der Waals surface area (Å²) in [6, 6.07) is 11.0. The smallest absolute Gasteiger partial charge is 0.254 e. The average Bonchev–Trinajstić information content (AvgIpc) is 3.13. The summed E-state index contributed by atoms with van der Waals surface area (Å²) >= 11 is 1.52. The number of H-pyrrole nitrogens is 1. The van der Waals surface area contributed by atoms with Crippen LogP contribution in [0.5, 0.6) is 0 Å². The van der Waals surface area contributed by atoms with Crippen molar-refractivity contribution in [2.45, 2.75) is 96.3 Å². The Bertz CT molecular complexity index is 1330. The number of carbonyl (C=O) groups is 1. The topological polar surface area (TPSA) is 78.9 Å². The van der Waals surface area contributed by atoms with Crippen LogP contribution in [0.15, 0.2) is 40.0 Å². The quantitative estimate of drug-likeness (QED) is 0.327. The molecule has 2 heterocycles. The van der Waals surface area contributed by atoms with E-state index < -0.39 is 0 Å². The molecule has 0 aliphatic heterocycles. The van der Waals surface area contributed by atoms with Crippen molar-refractivity contribution >= 4 is 28.6 Å². The van der Waals surface area contributed by atoms with E-state index >= 15 is 0 Å². The lowest BCUT2D eigenvalue weighted by molar-refractivity contribution is 0.0951. The molecular weight excluding hydrogens is 480 g/mol. The number of para-hydroxylation sites is 1. The van der Waals surface area contributed by atoms with E-state index in [-0.39, 0.29) is 23.6 Å². The van der Waals surface area contributed by atoms with Crippen LogP contribution >= 0.6 is 11.8 Å². The number of amides is 1. The average molecular weight is 523 g/mol. The van der Waals surface area contributed by atoms with Crippen LogP contribution in [-0.4, -0.2) is 33.3 Å². The van der Waals surface area contributed by atoms with Gasteiger partial charge in [0.15, 0.2) is 0 Å². The summed E-state index contributed by atoms with van der Waals surface area (Å²) in [5, 5.41) is 7.79. The first-order chi connectivity index (χ1) is 17.5. The van der Waals surface area contributed by atoms with Gasteiger partial charge >= 0.3 is 0 Å². The summed E-state index contributed by atoms with van der Waals surface area (Å²) in [4.78, 5) is 29.9. The molecule has 6 nitrogen and oxygen atoms in total. The molecule has 37 heavy (non-hydrogen) atoms. The molecule has 200 valence electrons. The number of aryl methyl sites for hydroxylation is 1. The van der Waals surface area contributed by atoms with Crippen LogP contribution in [0, 0.1) is 19.8 Å². The van der Waals surface area contributed by atoms with Crippen molar-refractivity contribution < 1.29 is 4.79 Å². The molecule has 1 aliphatic carbocycles. The molecule has 4 rings (SSSR count). The zero-order chi connectivity index (χ0) is 26.9. The minimum Gasteiger partial charge on any atom is -0.348 e. The third-order valence-corrected chi connectivity index (χ3v) is 8.56. The maximum Gasteiger partial charge on any atom is 0.254 e. The maximum atomic E-state index is 13.6. The van der Waals surface area contributed by atoms with Crippen molar-refractivity contribution in [2.24, 2.45) is 5.92 Å². The van der Waals surface area contributed by atoms with Gasteiger partial charge in [0.1, 0.15) is 0 Å². The van der Waals surface area contributed by atoms with Gasteiger partial charge in [-0.05, 0) is 91.5 Å². The number of benzene rings is 1. The molecule has 1 fully saturated rings. The summed E-state index contributed by atoms with van der Waals surface area (Å²) < 4.78 is 2.37. The van der Waals surface area contributed by atoms with Crippen LogP contribution in [0.25, 0.3) is 10.9 Å². The van der Waals surface area contributed by atoms with Crippen molar-refractivity contribution in [1.82, 2.24) is 20.2 Å². The Morgan fingerprint density at radius 3 is 2.49 bits per heavy atom. The van der Waals surface area contributed by atoms with Gasteiger partial charge in [-0.25, -0.2) is 0 Å². The minimum absolute atomic E-state index is 0.134. The number of hydrogen-bond donors (Lipinski definition) is 3. The first-order valence-corrected chi connectivity index (χ1v) is 14.6. The lowest BCUT2D eigenvalue weighted by atomic mass is 9.81. The van der Waals surface area contributed by atoms with Crippen LogP contribution in [0.4, 0.5) is 0 Å². The monoisotopic (exact) mass is 522 g/mol. The van der Waals surface area contributed by atoms with Crippen LogP contribution < -0.4 is 16.2 Å². The number of pyridine rings is 1. The molecule has 1 atom stereocenters. The van der Waals surface area contributed by atoms with Gasteiger partial charge in [-0.15, -0.1) is 11.8 Å². The van der Waals surface area contributed by atoms with Crippen molar-refractivity contribution in [1.29, 1.82) is 0 Å². The maximum absolute atomic E-state index is 13.6. The zero-order valence-electron chi connectivity index (χ0n) is 23.3. The highest BCUT2D eigenvalue weighted by atomic mass is 32.2. The second-order valence-electron chi connectivity index (χ2n) is 11.6. The van der Waals surface area contributed by atoms with Gasteiger partial charge in [0, 0.05) is 56.9 Å². The predicted octanol–water partition coefficient (Wildman–Crippen LogP) is 6.11. The molecule has 3 aromatic rings. The van der Waals surface area contributed by atoms with E-state index in [1.165, 1.54) is 37.4 Å². The largest absolute Gasteiger partial charge is 0.348 e. The third-order valence-electron chi connectivity index (χ3n) is 7.76. The van der Waals surface area contributed by atoms with Crippen LogP contribution in [0.2, 0.25) is 0 Å². The number of rotatable bonds is 7. The van der Waals surface area contributed by atoms with Gasteiger partial charge in [0.2, 0.25) is 0 Å². The summed E-state index contributed by atoms with van der Waals surface area (Å²) in [5.74, 6) is 0.434. The number of nitrogens with zero attached hydrogens (tertiary/aromatic N) is 1. The first kappa shape index (κ1) is 27.5. The Hall–Kier alpha value is -2.51. The number of nitrogens with one attached hydrogen (secondary N) is 3. The molecule has 7 heteroatoms. The molecule has 0 bridgehead atoms. The number of fused-ring (bicyclic) bond motifs is 1. The van der Waals surface area contributed by atoms with Crippen LogP contribution in [-0.2, 0) is 6.54 Å². The second-order valence-corrected chi connectivity index (χ2v) is 12.5. The van der Waals surface area contributed by atoms with E-state index in [1.54, 1.807) is 0 Å². The fourth-order valence-electron chi connectivity index (χ4n) is 6.06. The fraction of sp³-hybridized carbons (Fsp3) is 0.533. The van der Waals surface area contributed by atoms with Crippen molar-refractivity contribution in [3.63, 3.8) is 0 Å². The molecular formula is C30H42N4O2S. The Morgan fingerprint density at radius 2 is 1.84 bits per heavy atom. The Morgan fingerprint density at radius 1 is 1.16 bits per heavy atom. The van der Waals surface area contributed by atoms with E-state index in [0.29, 0.717) is 29.1 Å². The number of thioether (sulfide) groups is 1.